The Balaban J connectivity index is 1.45. The monoisotopic (exact) mass is 373 g/mol. The van der Waals surface area contributed by atoms with Gasteiger partial charge in [-0.15, -0.1) is 0 Å². The van der Waals surface area contributed by atoms with Crippen LogP contribution in [0.4, 0.5) is 0 Å². The molecule has 148 valence electrons. The van der Waals surface area contributed by atoms with Crippen LogP contribution < -0.4 is 5.76 Å². The zero-order chi connectivity index (χ0) is 19.0. The lowest BCUT2D eigenvalue weighted by Crippen LogP contribution is -2.53. The number of aryl methyl sites for hydroxylation is 1. The van der Waals surface area contributed by atoms with Gasteiger partial charge in [0.25, 0.3) is 0 Å². The van der Waals surface area contributed by atoms with Crippen LogP contribution in [0.5, 0.6) is 0 Å². The lowest BCUT2D eigenvalue weighted by Gasteiger charge is -2.48. The van der Waals surface area contributed by atoms with Gasteiger partial charge in [-0.1, -0.05) is 0 Å². The zero-order valence-corrected chi connectivity index (χ0v) is 16.7. The maximum Gasteiger partial charge on any atom is 0.421 e. The maximum absolute atomic E-state index is 12.4. The lowest BCUT2D eigenvalue weighted by atomic mass is 9.79. The summed E-state index contributed by atoms with van der Waals surface area (Å²) in [6.07, 6.45) is 7.06. The van der Waals surface area contributed by atoms with Crippen LogP contribution in [0.3, 0.4) is 0 Å². The molecule has 1 aliphatic carbocycles. The molecule has 2 aromatic heterocycles. The van der Waals surface area contributed by atoms with Crippen LogP contribution >= 0.6 is 0 Å². The highest BCUT2D eigenvalue weighted by Gasteiger charge is 2.38. The fourth-order valence-corrected chi connectivity index (χ4v) is 4.93. The first-order chi connectivity index (χ1) is 13.0. The Labute approximate surface area is 160 Å². The largest absolute Gasteiger partial charge is 0.421 e. The minimum absolute atomic E-state index is 0.174. The highest BCUT2D eigenvalue weighted by atomic mass is 16.5. The van der Waals surface area contributed by atoms with E-state index >= 15 is 0 Å². The van der Waals surface area contributed by atoms with E-state index in [9.17, 15) is 4.79 Å². The number of likely N-dealkylation sites (tertiary alicyclic amines) is 1. The van der Waals surface area contributed by atoms with Gasteiger partial charge < -0.3 is 9.15 Å². The van der Waals surface area contributed by atoms with Crippen molar-refractivity contribution in [1.29, 1.82) is 0 Å². The average molecular weight is 373 g/mol. The van der Waals surface area contributed by atoms with Crippen molar-refractivity contribution in [3.05, 3.63) is 28.4 Å². The Morgan fingerprint density at radius 2 is 1.93 bits per heavy atom. The van der Waals surface area contributed by atoms with Crippen molar-refractivity contribution in [2.75, 3.05) is 19.7 Å². The van der Waals surface area contributed by atoms with Crippen molar-refractivity contribution in [3.8, 4) is 0 Å². The third-order valence-corrected chi connectivity index (χ3v) is 6.61. The fraction of sp³-hybridized carbons (Fsp3) is 0.714. The SMILES string of the molecule is CCO[C@H]1CC[C@](C)(N2CCC(n3c(=O)oc4ccc(C)nc43)CC2)CC1. The van der Waals surface area contributed by atoms with E-state index in [0.29, 0.717) is 17.3 Å². The van der Waals surface area contributed by atoms with Gasteiger partial charge in [-0.2, -0.15) is 0 Å². The molecule has 1 saturated heterocycles. The van der Waals surface area contributed by atoms with Crippen molar-refractivity contribution < 1.29 is 9.15 Å². The summed E-state index contributed by atoms with van der Waals surface area (Å²) in [6, 6.07) is 3.91. The Morgan fingerprint density at radius 1 is 1.22 bits per heavy atom. The van der Waals surface area contributed by atoms with Crippen LogP contribution in [0.1, 0.15) is 64.1 Å². The van der Waals surface area contributed by atoms with E-state index in [1.165, 1.54) is 12.8 Å². The van der Waals surface area contributed by atoms with Crippen LogP contribution in [0.15, 0.2) is 21.3 Å². The Kier molecular flexibility index (Phi) is 5.12. The van der Waals surface area contributed by atoms with E-state index in [1.54, 1.807) is 4.57 Å². The highest BCUT2D eigenvalue weighted by molar-refractivity contribution is 5.68. The molecule has 0 amide bonds. The van der Waals surface area contributed by atoms with Crippen LogP contribution in [0, 0.1) is 6.92 Å². The fourth-order valence-electron chi connectivity index (χ4n) is 4.93. The molecule has 0 N–H and O–H groups in total. The Bertz CT molecular complexity index is 840. The van der Waals surface area contributed by atoms with Gasteiger partial charge in [-0.3, -0.25) is 9.47 Å². The van der Waals surface area contributed by atoms with Crippen molar-refractivity contribution in [2.24, 2.45) is 0 Å². The molecule has 0 bridgehead atoms. The standard InChI is InChI=1S/C21H31N3O3/c1-4-26-17-7-11-21(3,12-8-17)23-13-9-16(10-14-23)24-19-18(27-20(24)25)6-5-15(2)22-19/h5-6,16-17H,4,7-14H2,1-3H3/t17-,21-. The molecule has 0 unspecified atom stereocenters. The molecule has 2 fully saturated rings. The van der Waals surface area contributed by atoms with Crippen molar-refractivity contribution in [1.82, 2.24) is 14.5 Å². The van der Waals surface area contributed by atoms with Crippen molar-refractivity contribution >= 4 is 11.2 Å². The molecule has 6 heteroatoms. The van der Waals surface area contributed by atoms with Crippen LogP contribution in [-0.4, -0.2) is 45.8 Å². The van der Waals surface area contributed by atoms with Gasteiger partial charge in [-0.05, 0) is 71.4 Å². The smallest absolute Gasteiger partial charge is 0.406 e. The molecule has 3 heterocycles. The summed E-state index contributed by atoms with van der Waals surface area (Å²) in [5, 5.41) is 0. The molecular weight excluding hydrogens is 342 g/mol. The molecule has 0 aromatic carbocycles. The molecule has 0 radical (unpaired) electrons. The second-order valence-electron chi connectivity index (χ2n) is 8.38. The molecule has 2 aliphatic rings. The van der Waals surface area contributed by atoms with Crippen LogP contribution in [0.2, 0.25) is 0 Å². The number of nitrogens with zero attached hydrogens (tertiary/aromatic N) is 3. The van der Waals surface area contributed by atoms with E-state index < -0.39 is 0 Å². The van der Waals surface area contributed by atoms with Gasteiger partial charge in [0.05, 0.1) is 6.10 Å². The minimum atomic E-state index is -0.273. The number of piperidine rings is 1. The normalized spacial score (nSPS) is 28.0. The molecule has 0 spiro atoms. The summed E-state index contributed by atoms with van der Waals surface area (Å²) in [4.78, 5) is 19.6. The third kappa shape index (κ3) is 3.57. The number of oxazole rings is 1. The number of aromatic nitrogens is 2. The van der Waals surface area contributed by atoms with E-state index in [-0.39, 0.29) is 17.3 Å². The highest BCUT2D eigenvalue weighted by Crippen LogP contribution is 2.38. The van der Waals surface area contributed by atoms with E-state index in [1.807, 2.05) is 19.1 Å². The predicted molar refractivity (Wildman–Crippen MR) is 105 cm³/mol. The predicted octanol–water partition coefficient (Wildman–Crippen LogP) is 3.67. The molecule has 27 heavy (non-hydrogen) atoms. The number of rotatable bonds is 4. The zero-order valence-electron chi connectivity index (χ0n) is 16.7. The molecule has 1 saturated carbocycles. The summed E-state index contributed by atoms with van der Waals surface area (Å²) in [6.45, 7) is 9.28. The Morgan fingerprint density at radius 3 is 2.59 bits per heavy atom. The first-order valence-corrected chi connectivity index (χ1v) is 10.4. The van der Waals surface area contributed by atoms with E-state index in [0.717, 1.165) is 51.1 Å². The van der Waals surface area contributed by atoms with Gasteiger partial charge in [0, 0.05) is 37.0 Å². The molecule has 1 aliphatic heterocycles. The second kappa shape index (κ2) is 7.40. The number of fused-ring (bicyclic) bond motifs is 1. The first kappa shape index (κ1) is 18.7. The summed E-state index contributed by atoms with van der Waals surface area (Å²) in [5.74, 6) is -0.273. The number of hydrogen-bond donors (Lipinski definition) is 0. The van der Waals surface area contributed by atoms with Gasteiger partial charge in [0.15, 0.2) is 11.2 Å². The molecule has 0 atom stereocenters. The number of hydrogen-bond acceptors (Lipinski definition) is 5. The average Bonchev–Trinajstić information content (AvgIpc) is 2.99. The first-order valence-electron chi connectivity index (χ1n) is 10.4. The summed E-state index contributed by atoms with van der Waals surface area (Å²) < 4.78 is 13.0. The topological polar surface area (TPSA) is 60.5 Å². The molecule has 2 aromatic rings. The summed E-state index contributed by atoms with van der Waals surface area (Å²) in [7, 11) is 0. The molecular formula is C21H31N3O3. The van der Waals surface area contributed by atoms with Crippen molar-refractivity contribution in [2.45, 2.75) is 77.0 Å². The lowest BCUT2D eigenvalue weighted by molar-refractivity contribution is -0.0274. The molecule has 4 rings (SSSR count). The van der Waals surface area contributed by atoms with Gasteiger partial charge >= 0.3 is 5.76 Å². The number of ether oxygens (including phenoxy) is 1. The second-order valence-corrected chi connectivity index (χ2v) is 8.38. The number of pyridine rings is 1. The van der Waals surface area contributed by atoms with Crippen LogP contribution in [-0.2, 0) is 4.74 Å². The quantitative estimate of drug-likeness (QED) is 0.818. The summed E-state index contributed by atoms with van der Waals surface area (Å²) >= 11 is 0. The van der Waals surface area contributed by atoms with E-state index in [4.69, 9.17) is 9.15 Å². The summed E-state index contributed by atoms with van der Waals surface area (Å²) in [5.41, 5.74) is 2.46. The maximum atomic E-state index is 12.4. The van der Waals surface area contributed by atoms with Gasteiger partial charge in [0.1, 0.15) is 0 Å². The van der Waals surface area contributed by atoms with Crippen molar-refractivity contribution in [3.63, 3.8) is 0 Å². The Hall–Kier alpha value is -1.66. The van der Waals surface area contributed by atoms with E-state index in [2.05, 4.69) is 23.7 Å². The minimum Gasteiger partial charge on any atom is -0.406 e. The van der Waals surface area contributed by atoms with Crippen LogP contribution in [0.25, 0.3) is 11.2 Å². The third-order valence-electron chi connectivity index (χ3n) is 6.61. The van der Waals surface area contributed by atoms with Gasteiger partial charge in [0.2, 0.25) is 0 Å². The molecule has 6 nitrogen and oxygen atoms in total. The van der Waals surface area contributed by atoms with Gasteiger partial charge in [-0.25, -0.2) is 9.78 Å².